The highest BCUT2D eigenvalue weighted by molar-refractivity contribution is 5.97. The van der Waals surface area contributed by atoms with Gasteiger partial charge in [0.2, 0.25) is 11.6 Å². The van der Waals surface area contributed by atoms with Gasteiger partial charge in [-0.3, -0.25) is 14.4 Å². The van der Waals surface area contributed by atoms with E-state index in [1.807, 2.05) is 55.4 Å². The Morgan fingerprint density at radius 2 is 1.50 bits per heavy atom. The minimum Gasteiger partial charge on any atom is -0.481 e. The fraction of sp³-hybridized carbons (Fsp3) is 0.884. The number of aliphatic hydroxyl groups excluding tert-OH is 1. The van der Waals surface area contributed by atoms with Gasteiger partial charge in [-0.1, -0.05) is 62.3 Å². The molecule has 18 atom stereocenters. The summed E-state index contributed by atoms with van der Waals surface area (Å²) in [4.78, 5) is 40.2. The molecular weight excluding hydrogens is 692 g/mol. The van der Waals surface area contributed by atoms with E-state index < -0.39 is 76.8 Å². The average molecular weight is 763 g/mol. The van der Waals surface area contributed by atoms with Gasteiger partial charge in [0.25, 0.3) is 0 Å². The summed E-state index contributed by atoms with van der Waals surface area (Å²) >= 11 is 0. The van der Waals surface area contributed by atoms with E-state index in [1.54, 1.807) is 13.0 Å². The summed E-state index contributed by atoms with van der Waals surface area (Å²) in [7, 11) is 0. The summed E-state index contributed by atoms with van der Waals surface area (Å²) in [5.74, 6) is -6.49. The molecule has 0 saturated carbocycles. The highest BCUT2D eigenvalue weighted by atomic mass is 16.8. The van der Waals surface area contributed by atoms with Gasteiger partial charge in [-0.05, 0) is 95.1 Å². The zero-order chi connectivity index (χ0) is 40.1. The van der Waals surface area contributed by atoms with Crippen molar-refractivity contribution in [1.29, 1.82) is 0 Å². The molecule has 0 aliphatic carbocycles. The van der Waals surface area contributed by atoms with Crippen LogP contribution in [-0.2, 0) is 38.1 Å². The second-order valence-electron chi connectivity index (χ2n) is 18.3. The molecule has 0 amide bonds. The molecule has 11 heteroatoms. The molecule has 3 N–H and O–H groups in total. The molecular formula is C43H70O11. The molecule has 0 aromatic carbocycles. The van der Waals surface area contributed by atoms with Gasteiger partial charge < -0.3 is 39.0 Å². The number of carbonyl (C=O) groups is 3. The molecule has 5 rings (SSSR count). The number of aliphatic carboxylic acids is 1. The lowest BCUT2D eigenvalue weighted by molar-refractivity contribution is -0.378. The normalized spacial score (nSPS) is 45.6. The first-order valence-corrected chi connectivity index (χ1v) is 21.0. The highest BCUT2D eigenvalue weighted by Gasteiger charge is 2.63. The lowest BCUT2D eigenvalue weighted by Crippen LogP contribution is -2.62. The summed E-state index contributed by atoms with van der Waals surface area (Å²) < 4.78 is 33.3. The summed E-state index contributed by atoms with van der Waals surface area (Å²) in [5.41, 5.74) is -1.71. The number of carboxylic acids is 1. The van der Waals surface area contributed by atoms with Crippen LogP contribution in [0, 0.1) is 47.3 Å². The molecule has 2 spiro atoms. The first-order valence-electron chi connectivity index (χ1n) is 21.0. The number of hydrogen-bond acceptors (Lipinski definition) is 10. The molecule has 308 valence electrons. The predicted molar refractivity (Wildman–Crippen MR) is 202 cm³/mol. The Kier molecular flexibility index (Phi) is 13.1. The maximum absolute atomic E-state index is 14.5. The number of carboxylic acid groups (broad SMARTS) is 1. The maximum Gasteiger partial charge on any atom is 0.309 e. The SMILES string of the molecule is CC[C@H](C(=O)O)[C@H]1O[C@@H]([C@H](C)[C@H](O)[C@@H](C)C(=O)[C@H](CC)[C@H]2O[C@@]3(C=CC(=O)[C@@]4(CC[C@@](C)([C@@H]5CC[C@@](O)(CC)[C@H](C)O5)O4)O3)[C@@H](C)C[C@@H]2C)[C@H](C)C[C@@H]1C. The smallest absolute Gasteiger partial charge is 0.309 e. The Morgan fingerprint density at radius 3 is 2.09 bits per heavy atom. The van der Waals surface area contributed by atoms with Gasteiger partial charge in [0.05, 0.1) is 53.7 Å². The Bertz CT molecular complexity index is 1400. The van der Waals surface area contributed by atoms with E-state index in [2.05, 4.69) is 13.8 Å². The topological polar surface area (TPSA) is 158 Å². The van der Waals surface area contributed by atoms with Gasteiger partial charge in [-0.15, -0.1) is 0 Å². The second kappa shape index (κ2) is 16.3. The number of aliphatic hydroxyl groups is 2. The predicted octanol–water partition coefficient (Wildman–Crippen LogP) is 6.64. The Morgan fingerprint density at radius 1 is 0.870 bits per heavy atom. The van der Waals surface area contributed by atoms with E-state index in [0.717, 1.165) is 6.42 Å². The molecule has 4 saturated heterocycles. The third-order valence-corrected chi connectivity index (χ3v) is 14.6. The van der Waals surface area contributed by atoms with Crippen LogP contribution in [0.3, 0.4) is 0 Å². The minimum absolute atomic E-state index is 0.0120. The summed E-state index contributed by atoms with van der Waals surface area (Å²) in [6.45, 7) is 21.5. The largest absolute Gasteiger partial charge is 0.481 e. The number of ketones is 2. The van der Waals surface area contributed by atoms with Crippen LogP contribution in [0.2, 0.25) is 0 Å². The molecule has 11 nitrogen and oxygen atoms in total. The van der Waals surface area contributed by atoms with Gasteiger partial charge in [0, 0.05) is 30.1 Å². The van der Waals surface area contributed by atoms with Crippen molar-refractivity contribution in [3.05, 3.63) is 12.2 Å². The average Bonchev–Trinajstić information content (AvgIpc) is 3.47. The molecule has 4 fully saturated rings. The van der Waals surface area contributed by atoms with E-state index in [-0.39, 0.29) is 47.4 Å². The van der Waals surface area contributed by atoms with Gasteiger partial charge in [0.15, 0.2) is 5.79 Å². The molecule has 5 aliphatic rings. The van der Waals surface area contributed by atoms with Gasteiger partial charge in [-0.25, -0.2) is 0 Å². The Balaban J connectivity index is 1.32. The zero-order valence-corrected chi connectivity index (χ0v) is 34.7. The van der Waals surface area contributed by atoms with Crippen LogP contribution in [0.1, 0.15) is 134 Å². The summed E-state index contributed by atoms with van der Waals surface area (Å²) in [6.07, 6.45) is 5.09. The third-order valence-electron chi connectivity index (χ3n) is 14.6. The van der Waals surface area contributed by atoms with E-state index in [0.29, 0.717) is 51.4 Å². The fourth-order valence-corrected chi connectivity index (χ4v) is 10.8. The van der Waals surface area contributed by atoms with Gasteiger partial charge in [-0.2, -0.15) is 0 Å². The van der Waals surface area contributed by atoms with E-state index in [1.165, 1.54) is 6.08 Å². The molecule has 5 aliphatic heterocycles. The molecule has 0 radical (unpaired) electrons. The number of ether oxygens (including phenoxy) is 5. The number of carbonyl (C=O) groups excluding carboxylic acids is 2. The van der Waals surface area contributed by atoms with Crippen LogP contribution in [0.5, 0.6) is 0 Å². The van der Waals surface area contributed by atoms with Crippen LogP contribution in [0.15, 0.2) is 12.2 Å². The highest BCUT2D eigenvalue weighted by Crippen LogP contribution is 2.53. The lowest BCUT2D eigenvalue weighted by atomic mass is 9.72. The van der Waals surface area contributed by atoms with Crippen LogP contribution in [-0.4, -0.2) is 92.3 Å². The zero-order valence-electron chi connectivity index (χ0n) is 34.7. The number of hydrogen-bond donors (Lipinski definition) is 3. The summed E-state index contributed by atoms with van der Waals surface area (Å²) in [5, 5.41) is 32.7. The third kappa shape index (κ3) is 7.78. The lowest BCUT2D eigenvalue weighted by Gasteiger charge is -2.53. The van der Waals surface area contributed by atoms with Crippen molar-refractivity contribution >= 4 is 17.5 Å². The standard InChI is InChI=1S/C43H70O11/c1-12-30(35(46)27(8)34(45)28(9)36-23(4)21-24(5)37(51-36)31(13-2)39(47)48)38-25(6)22-26(7)42(52-38)18-15-32(44)43(54-42)20-19-40(11,53-43)33-16-17-41(49,14-3)29(10)50-33/h15,18,23-31,33-34,36-38,45,49H,12-14,16-17,19-22H2,1-11H3,(H,47,48)/t23-,24+,25+,26+,27-,28-,29+,30+,31+,33+,34-,36-,37+,38+,40+,41+,42-,43-/m1/s1. The maximum atomic E-state index is 14.5. The van der Waals surface area contributed by atoms with Crippen molar-refractivity contribution in [2.45, 2.75) is 193 Å². The van der Waals surface area contributed by atoms with Crippen LogP contribution >= 0.6 is 0 Å². The molecule has 0 bridgehead atoms. The molecule has 5 heterocycles. The molecule has 0 aromatic heterocycles. The number of rotatable bonds is 12. The quantitative estimate of drug-likeness (QED) is 0.196. The Hall–Kier alpha value is -1.73. The monoisotopic (exact) mass is 762 g/mol. The molecule has 54 heavy (non-hydrogen) atoms. The van der Waals surface area contributed by atoms with Crippen LogP contribution < -0.4 is 0 Å². The van der Waals surface area contributed by atoms with E-state index in [4.69, 9.17) is 23.7 Å². The summed E-state index contributed by atoms with van der Waals surface area (Å²) in [6, 6.07) is 0. The Labute approximate surface area is 323 Å². The van der Waals surface area contributed by atoms with Crippen molar-refractivity contribution in [2.24, 2.45) is 47.3 Å². The second-order valence-corrected chi connectivity index (χ2v) is 18.3. The first kappa shape index (κ1) is 43.4. The van der Waals surface area contributed by atoms with E-state index in [9.17, 15) is 29.7 Å². The first-order chi connectivity index (χ1) is 25.2. The van der Waals surface area contributed by atoms with Gasteiger partial charge in [0.1, 0.15) is 5.78 Å². The van der Waals surface area contributed by atoms with Gasteiger partial charge >= 0.3 is 5.97 Å². The number of Topliss-reactive ketones (excluding diaryl/α,β-unsaturated/α-hetero) is 1. The van der Waals surface area contributed by atoms with Crippen LogP contribution in [0.4, 0.5) is 0 Å². The van der Waals surface area contributed by atoms with Crippen molar-refractivity contribution in [3.8, 4) is 0 Å². The molecule has 0 unspecified atom stereocenters. The van der Waals surface area contributed by atoms with E-state index >= 15 is 0 Å². The fourth-order valence-electron chi connectivity index (χ4n) is 10.8. The van der Waals surface area contributed by atoms with Crippen LogP contribution in [0.25, 0.3) is 0 Å². The minimum atomic E-state index is -1.57. The molecule has 0 aromatic rings. The van der Waals surface area contributed by atoms with Crippen molar-refractivity contribution in [1.82, 2.24) is 0 Å². The van der Waals surface area contributed by atoms with Crippen molar-refractivity contribution < 1.29 is 53.4 Å². The van der Waals surface area contributed by atoms with Crippen molar-refractivity contribution in [2.75, 3.05) is 0 Å². The van der Waals surface area contributed by atoms with Crippen molar-refractivity contribution in [3.63, 3.8) is 0 Å².